The van der Waals surface area contributed by atoms with Gasteiger partial charge in [-0.2, -0.15) is 0 Å². The summed E-state index contributed by atoms with van der Waals surface area (Å²) < 4.78 is 12.7. The van der Waals surface area contributed by atoms with E-state index in [0.717, 1.165) is 57.8 Å². The summed E-state index contributed by atoms with van der Waals surface area (Å²) >= 11 is 0. The molecule has 2 fully saturated rings. The van der Waals surface area contributed by atoms with E-state index in [1.165, 1.54) is 0 Å². The molecule has 1 spiro atoms. The summed E-state index contributed by atoms with van der Waals surface area (Å²) in [5.41, 5.74) is 0. The number of aliphatic hydroxyl groups is 4. The molecule has 0 bridgehead atoms. The smallest absolute Gasteiger partial charge is 0.169 e. The Morgan fingerprint density at radius 2 is 1.62 bits per heavy atom. The van der Waals surface area contributed by atoms with Crippen LogP contribution in [0.1, 0.15) is 77.6 Å². The van der Waals surface area contributed by atoms with Crippen molar-refractivity contribution in [2.24, 2.45) is 5.92 Å². The van der Waals surface area contributed by atoms with Crippen molar-refractivity contribution in [3.8, 4) is 0 Å². The number of hydrogen-bond acceptors (Lipinski definition) is 6. The molecule has 2 saturated heterocycles. The van der Waals surface area contributed by atoms with Crippen LogP contribution in [0.4, 0.5) is 0 Å². The topological polar surface area (TPSA) is 99.4 Å². The van der Waals surface area contributed by atoms with E-state index < -0.39 is 18.0 Å². The second-order valence-corrected chi connectivity index (χ2v) is 8.18. The van der Waals surface area contributed by atoms with Crippen molar-refractivity contribution in [3.63, 3.8) is 0 Å². The third-order valence-corrected chi connectivity index (χ3v) is 5.93. The molecule has 6 atom stereocenters. The van der Waals surface area contributed by atoms with Crippen molar-refractivity contribution in [1.82, 2.24) is 0 Å². The Morgan fingerprint density at radius 3 is 2.27 bits per heavy atom. The van der Waals surface area contributed by atoms with Gasteiger partial charge in [-0.1, -0.05) is 6.92 Å². The van der Waals surface area contributed by atoms with Gasteiger partial charge in [0, 0.05) is 32.5 Å². The summed E-state index contributed by atoms with van der Waals surface area (Å²) in [6.07, 6.45) is 7.78. The molecule has 0 aliphatic carbocycles. The van der Waals surface area contributed by atoms with Gasteiger partial charge in [0.25, 0.3) is 0 Å². The normalized spacial score (nSPS) is 33.1. The van der Waals surface area contributed by atoms with Crippen LogP contribution in [-0.2, 0) is 9.47 Å². The zero-order valence-electron chi connectivity index (χ0n) is 16.2. The van der Waals surface area contributed by atoms with E-state index >= 15 is 0 Å². The molecular weight excluding hydrogens is 336 g/mol. The minimum atomic E-state index is -0.847. The van der Waals surface area contributed by atoms with Crippen LogP contribution in [0, 0.1) is 5.92 Å². The van der Waals surface area contributed by atoms with Crippen molar-refractivity contribution in [1.29, 1.82) is 0 Å². The van der Waals surface area contributed by atoms with Gasteiger partial charge in [0.05, 0.1) is 24.4 Å². The molecule has 0 radical (unpaired) electrons. The van der Waals surface area contributed by atoms with Gasteiger partial charge in [0.1, 0.15) is 0 Å². The monoisotopic (exact) mass is 374 g/mol. The average Bonchev–Trinajstić information content (AvgIpc) is 2.61. The SMILES string of the molecule is C[C@@H](CCO)[C@@H](O)[C@H](O)C[C@@H]1CCC[C@]2(CCC[C@@H](CCCCO)O2)O1. The molecule has 0 saturated carbocycles. The molecule has 6 heteroatoms. The van der Waals surface area contributed by atoms with Gasteiger partial charge in [-0.05, 0) is 57.3 Å². The summed E-state index contributed by atoms with van der Waals surface area (Å²) in [5.74, 6) is -0.679. The first-order chi connectivity index (χ1) is 12.5. The minimum absolute atomic E-state index is 0.0134. The van der Waals surface area contributed by atoms with E-state index in [9.17, 15) is 10.2 Å². The van der Waals surface area contributed by atoms with Gasteiger partial charge < -0.3 is 29.9 Å². The average molecular weight is 375 g/mol. The van der Waals surface area contributed by atoms with Gasteiger partial charge in [0.2, 0.25) is 0 Å². The van der Waals surface area contributed by atoms with E-state index in [2.05, 4.69) is 0 Å². The number of ether oxygens (including phenoxy) is 2. The first kappa shape index (κ1) is 22.1. The zero-order valence-corrected chi connectivity index (χ0v) is 16.2. The van der Waals surface area contributed by atoms with Gasteiger partial charge in [-0.15, -0.1) is 0 Å². The van der Waals surface area contributed by atoms with Crippen molar-refractivity contribution < 1.29 is 29.9 Å². The van der Waals surface area contributed by atoms with E-state index in [1.54, 1.807) is 0 Å². The molecule has 0 amide bonds. The quantitative estimate of drug-likeness (QED) is 0.437. The Hall–Kier alpha value is -0.240. The highest BCUT2D eigenvalue weighted by molar-refractivity contribution is 4.86. The highest BCUT2D eigenvalue weighted by Gasteiger charge is 2.43. The summed E-state index contributed by atoms with van der Waals surface area (Å²) in [6.45, 7) is 2.08. The molecule has 6 nitrogen and oxygen atoms in total. The lowest BCUT2D eigenvalue weighted by Gasteiger charge is -2.46. The number of unbranched alkanes of at least 4 members (excludes halogenated alkanes) is 1. The Labute approximate surface area is 157 Å². The van der Waals surface area contributed by atoms with Crippen LogP contribution in [0.15, 0.2) is 0 Å². The Morgan fingerprint density at radius 1 is 0.962 bits per heavy atom. The molecule has 0 aromatic carbocycles. The molecule has 154 valence electrons. The molecule has 2 rings (SSSR count). The number of aliphatic hydroxyl groups excluding tert-OH is 4. The lowest BCUT2D eigenvalue weighted by molar-refractivity contribution is -0.318. The van der Waals surface area contributed by atoms with Gasteiger partial charge in [-0.3, -0.25) is 0 Å². The summed E-state index contributed by atoms with van der Waals surface area (Å²) in [5, 5.41) is 38.6. The molecule has 26 heavy (non-hydrogen) atoms. The van der Waals surface area contributed by atoms with Crippen LogP contribution in [0.25, 0.3) is 0 Å². The Kier molecular flexibility index (Phi) is 9.27. The first-order valence-electron chi connectivity index (χ1n) is 10.4. The maximum absolute atomic E-state index is 10.4. The lowest BCUT2D eigenvalue weighted by Crippen LogP contribution is -2.49. The maximum atomic E-state index is 10.4. The predicted molar refractivity (Wildman–Crippen MR) is 98.6 cm³/mol. The fourth-order valence-electron chi connectivity index (χ4n) is 4.33. The highest BCUT2D eigenvalue weighted by atomic mass is 16.7. The largest absolute Gasteiger partial charge is 0.396 e. The van der Waals surface area contributed by atoms with E-state index in [-0.39, 0.29) is 31.3 Å². The molecule has 0 aromatic heterocycles. The van der Waals surface area contributed by atoms with Crippen LogP contribution >= 0.6 is 0 Å². The number of rotatable bonds is 10. The highest BCUT2D eigenvalue weighted by Crippen LogP contribution is 2.41. The molecule has 0 aromatic rings. The van der Waals surface area contributed by atoms with Crippen LogP contribution in [0.5, 0.6) is 0 Å². The summed E-state index contributed by atoms with van der Waals surface area (Å²) in [7, 11) is 0. The second-order valence-electron chi connectivity index (χ2n) is 8.18. The van der Waals surface area contributed by atoms with Crippen LogP contribution in [0.3, 0.4) is 0 Å². The van der Waals surface area contributed by atoms with E-state index in [0.29, 0.717) is 12.8 Å². The van der Waals surface area contributed by atoms with Crippen LogP contribution in [0.2, 0.25) is 0 Å². The van der Waals surface area contributed by atoms with Crippen LogP contribution in [-0.4, -0.2) is 63.8 Å². The van der Waals surface area contributed by atoms with Crippen molar-refractivity contribution in [2.75, 3.05) is 13.2 Å². The zero-order chi connectivity index (χ0) is 19.0. The van der Waals surface area contributed by atoms with E-state index in [4.69, 9.17) is 19.7 Å². The van der Waals surface area contributed by atoms with Crippen molar-refractivity contribution in [3.05, 3.63) is 0 Å². The molecule has 2 heterocycles. The molecule has 4 N–H and O–H groups in total. The lowest BCUT2D eigenvalue weighted by atomic mass is 9.88. The Bertz CT molecular complexity index is 388. The third-order valence-electron chi connectivity index (χ3n) is 5.93. The molecule has 2 aliphatic rings. The fraction of sp³-hybridized carbons (Fsp3) is 1.00. The fourth-order valence-corrected chi connectivity index (χ4v) is 4.33. The molecular formula is C20H38O6. The Balaban J connectivity index is 1.85. The number of hydrogen-bond donors (Lipinski definition) is 4. The van der Waals surface area contributed by atoms with Crippen molar-refractivity contribution in [2.45, 2.75) is 108 Å². The van der Waals surface area contributed by atoms with Gasteiger partial charge in [-0.25, -0.2) is 0 Å². The predicted octanol–water partition coefficient (Wildman–Crippen LogP) is 2.11. The summed E-state index contributed by atoms with van der Waals surface area (Å²) in [4.78, 5) is 0. The van der Waals surface area contributed by atoms with Gasteiger partial charge >= 0.3 is 0 Å². The first-order valence-corrected chi connectivity index (χ1v) is 10.4. The second kappa shape index (κ2) is 10.9. The van der Waals surface area contributed by atoms with Gasteiger partial charge in [0.15, 0.2) is 5.79 Å². The van der Waals surface area contributed by atoms with Crippen molar-refractivity contribution >= 4 is 0 Å². The standard InChI is InChI=1S/C20H38O6/c1-15(9-13-22)19(24)18(23)14-17-8-5-11-20(26-17)10-4-7-16(25-20)6-2-3-12-21/h15-19,21-24H,2-14H2,1H3/t15-,16+,17-,18+,19+,20-/m0/s1. The minimum Gasteiger partial charge on any atom is -0.396 e. The van der Waals surface area contributed by atoms with E-state index in [1.807, 2.05) is 6.92 Å². The molecule has 0 unspecified atom stereocenters. The molecule has 2 aliphatic heterocycles. The third kappa shape index (κ3) is 6.43. The summed E-state index contributed by atoms with van der Waals surface area (Å²) in [6, 6.07) is 0. The maximum Gasteiger partial charge on any atom is 0.169 e. The van der Waals surface area contributed by atoms with Crippen LogP contribution < -0.4 is 0 Å².